The Morgan fingerprint density at radius 2 is 2.15 bits per heavy atom. The maximum Gasteiger partial charge on any atom is 0.309 e. The number of carbonyl (C=O) groups is 1. The fourth-order valence-electron chi connectivity index (χ4n) is 3.21. The third-order valence-electron chi connectivity index (χ3n) is 3.88. The smallest absolute Gasteiger partial charge is 0.309 e. The van der Waals surface area contributed by atoms with Crippen LogP contribution in [0.5, 0.6) is 0 Å². The SMILES string of the molecule is CC1=C2CC[C@@H]3OC(=O)C(CC1)[C@H]23. The van der Waals surface area contributed by atoms with Gasteiger partial charge in [0.15, 0.2) is 0 Å². The number of hydrogen-bond donors (Lipinski definition) is 0. The first kappa shape index (κ1) is 7.60. The van der Waals surface area contributed by atoms with Crippen molar-refractivity contribution in [3.8, 4) is 0 Å². The van der Waals surface area contributed by atoms with Gasteiger partial charge in [-0.25, -0.2) is 0 Å². The molecule has 0 N–H and O–H groups in total. The lowest BCUT2D eigenvalue weighted by molar-refractivity contribution is -0.144. The van der Waals surface area contributed by atoms with Crippen molar-refractivity contribution in [2.45, 2.75) is 38.7 Å². The van der Waals surface area contributed by atoms with Crippen LogP contribution in [0.3, 0.4) is 0 Å². The first-order chi connectivity index (χ1) is 6.27. The van der Waals surface area contributed by atoms with Crippen LogP contribution in [0.15, 0.2) is 11.1 Å². The van der Waals surface area contributed by atoms with Crippen LogP contribution in [-0.4, -0.2) is 12.1 Å². The molecule has 0 aromatic rings. The minimum Gasteiger partial charge on any atom is -0.461 e. The molecule has 0 radical (unpaired) electrons. The van der Waals surface area contributed by atoms with E-state index < -0.39 is 0 Å². The van der Waals surface area contributed by atoms with Crippen molar-refractivity contribution in [1.82, 2.24) is 0 Å². The molecule has 0 aromatic heterocycles. The molecule has 0 aromatic carbocycles. The van der Waals surface area contributed by atoms with E-state index >= 15 is 0 Å². The van der Waals surface area contributed by atoms with Crippen molar-refractivity contribution in [3.63, 3.8) is 0 Å². The fourth-order valence-corrected chi connectivity index (χ4v) is 3.21. The average molecular weight is 178 g/mol. The second-order valence-electron chi connectivity index (χ2n) is 4.49. The molecule has 2 nitrogen and oxygen atoms in total. The topological polar surface area (TPSA) is 26.3 Å². The summed E-state index contributed by atoms with van der Waals surface area (Å²) in [5, 5.41) is 0. The molecule has 3 aliphatic rings. The third kappa shape index (κ3) is 0.862. The van der Waals surface area contributed by atoms with Gasteiger partial charge in [0.1, 0.15) is 6.10 Å². The van der Waals surface area contributed by atoms with Gasteiger partial charge in [0.25, 0.3) is 0 Å². The Labute approximate surface area is 78.0 Å². The van der Waals surface area contributed by atoms with Gasteiger partial charge in [-0.3, -0.25) is 4.79 Å². The highest BCUT2D eigenvalue weighted by atomic mass is 16.6. The fraction of sp³-hybridized carbons (Fsp3) is 0.727. The molecular weight excluding hydrogens is 164 g/mol. The van der Waals surface area contributed by atoms with E-state index in [9.17, 15) is 4.79 Å². The zero-order valence-electron chi connectivity index (χ0n) is 7.88. The molecule has 1 unspecified atom stereocenters. The normalized spacial score (nSPS) is 42.2. The predicted octanol–water partition coefficient (Wildman–Crippen LogP) is 2.05. The summed E-state index contributed by atoms with van der Waals surface area (Å²) >= 11 is 0. The summed E-state index contributed by atoms with van der Waals surface area (Å²) < 4.78 is 5.37. The molecule has 13 heavy (non-hydrogen) atoms. The molecule has 2 heteroatoms. The Bertz CT molecular complexity index is 303. The molecule has 2 aliphatic carbocycles. The highest BCUT2D eigenvalue weighted by molar-refractivity contribution is 5.77. The van der Waals surface area contributed by atoms with Crippen molar-refractivity contribution >= 4 is 5.97 Å². The summed E-state index contributed by atoms with van der Waals surface area (Å²) in [5.41, 5.74) is 3.08. The van der Waals surface area contributed by atoms with Crippen LogP contribution in [-0.2, 0) is 9.53 Å². The first-order valence-electron chi connectivity index (χ1n) is 5.16. The van der Waals surface area contributed by atoms with Gasteiger partial charge in [0.05, 0.1) is 5.92 Å². The Hall–Kier alpha value is -0.790. The van der Waals surface area contributed by atoms with Crippen LogP contribution < -0.4 is 0 Å². The summed E-state index contributed by atoms with van der Waals surface area (Å²) in [6.07, 6.45) is 4.61. The number of carbonyl (C=O) groups excluding carboxylic acids is 1. The van der Waals surface area contributed by atoms with Crippen molar-refractivity contribution in [2.75, 3.05) is 0 Å². The van der Waals surface area contributed by atoms with E-state index in [1.54, 1.807) is 5.57 Å². The van der Waals surface area contributed by atoms with Crippen LogP contribution >= 0.6 is 0 Å². The van der Waals surface area contributed by atoms with E-state index in [1.807, 2.05) is 0 Å². The summed E-state index contributed by atoms with van der Waals surface area (Å²) in [5.74, 6) is 0.757. The van der Waals surface area contributed by atoms with E-state index in [0.29, 0.717) is 5.92 Å². The summed E-state index contributed by atoms with van der Waals surface area (Å²) in [7, 11) is 0. The van der Waals surface area contributed by atoms with Gasteiger partial charge in [-0.15, -0.1) is 0 Å². The summed E-state index contributed by atoms with van der Waals surface area (Å²) in [6, 6.07) is 0. The zero-order chi connectivity index (χ0) is 9.00. The third-order valence-corrected chi connectivity index (χ3v) is 3.88. The van der Waals surface area contributed by atoms with Gasteiger partial charge >= 0.3 is 5.97 Å². The van der Waals surface area contributed by atoms with Crippen LogP contribution in [0, 0.1) is 11.8 Å². The first-order valence-corrected chi connectivity index (χ1v) is 5.16. The molecule has 1 heterocycles. The lowest BCUT2D eigenvalue weighted by Crippen LogP contribution is -2.22. The lowest BCUT2D eigenvalue weighted by Gasteiger charge is -2.23. The molecule has 1 saturated carbocycles. The van der Waals surface area contributed by atoms with E-state index in [2.05, 4.69) is 6.92 Å². The minimum atomic E-state index is 0.0692. The molecule has 3 rings (SSSR count). The molecule has 0 spiro atoms. The molecule has 0 amide bonds. The Balaban J connectivity index is 2.06. The molecule has 1 saturated heterocycles. The van der Waals surface area contributed by atoms with Crippen LogP contribution in [0.2, 0.25) is 0 Å². The second kappa shape index (κ2) is 2.37. The van der Waals surface area contributed by atoms with Gasteiger partial charge < -0.3 is 4.74 Å². The van der Waals surface area contributed by atoms with E-state index in [0.717, 1.165) is 19.3 Å². The van der Waals surface area contributed by atoms with Crippen LogP contribution in [0.1, 0.15) is 32.6 Å². The van der Waals surface area contributed by atoms with Gasteiger partial charge in [0.2, 0.25) is 0 Å². The van der Waals surface area contributed by atoms with Crippen LogP contribution in [0.4, 0.5) is 0 Å². The van der Waals surface area contributed by atoms with Crippen molar-refractivity contribution in [1.29, 1.82) is 0 Å². The highest BCUT2D eigenvalue weighted by Crippen LogP contribution is 2.50. The maximum atomic E-state index is 11.5. The van der Waals surface area contributed by atoms with Gasteiger partial charge in [-0.05, 0) is 32.6 Å². The van der Waals surface area contributed by atoms with Crippen molar-refractivity contribution < 1.29 is 9.53 Å². The predicted molar refractivity (Wildman–Crippen MR) is 48.0 cm³/mol. The van der Waals surface area contributed by atoms with E-state index in [1.165, 1.54) is 12.0 Å². The van der Waals surface area contributed by atoms with E-state index in [4.69, 9.17) is 4.74 Å². The monoisotopic (exact) mass is 178 g/mol. The quantitative estimate of drug-likeness (QED) is 0.419. The standard InChI is InChI=1S/C11H14O2/c1-6-2-3-8-10-7(6)4-5-9(10)13-11(8)12/h8-10H,2-5H2,1H3/t8?,9-,10-/m0/s1. The van der Waals surface area contributed by atoms with Crippen molar-refractivity contribution in [2.24, 2.45) is 11.8 Å². The average Bonchev–Trinajstić information content (AvgIpc) is 2.61. The number of allylic oxidation sites excluding steroid dienone is 1. The number of esters is 1. The van der Waals surface area contributed by atoms with E-state index in [-0.39, 0.29) is 18.0 Å². The summed E-state index contributed by atoms with van der Waals surface area (Å²) in [4.78, 5) is 11.5. The lowest BCUT2D eigenvalue weighted by atomic mass is 9.78. The number of ether oxygens (including phenoxy) is 1. The number of hydrogen-bond acceptors (Lipinski definition) is 2. The highest BCUT2D eigenvalue weighted by Gasteiger charge is 2.51. The zero-order valence-corrected chi connectivity index (χ0v) is 7.88. The largest absolute Gasteiger partial charge is 0.461 e. The molecule has 3 atom stereocenters. The maximum absolute atomic E-state index is 11.5. The Morgan fingerprint density at radius 3 is 3.00 bits per heavy atom. The molecular formula is C11H14O2. The molecule has 70 valence electrons. The van der Waals surface area contributed by atoms with Crippen LogP contribution in [0.25, 0.3) is 0 Å². The number of rotatable bonds is 0. The van der Waals surface area contributed by atoms with Gasteiger partial charge in [-0.1, -0.05) is 11.1 Å². The Morgan fingerprint density at radius 1 is 1.31 bits per heavy atom. The van der Waals surface area contributed by atoms with Gasteiger partial charge in [0, 0.05) is 5.92 Å². The molecule has 1 aliphatic heterocycles. The van der Waals surface area contributed by atoms with Gasteiger partial charge in [-0.2, -0.15) is 0 Å². The Kier molecular flexibility index (Phi) is 1.38. The summed E-state index contributed by atoms with van der Waals surface area (Å²) in [6.45, 7) is 2.22. The second-order valence-corrected chi connectivity index (χ2v) is 4.49. The van der Waals surface area contributed by atoms with Crippen molar-refractivity contribution in [3.05, 3.63) is 11.1 Å². The molecule has 2 fully saturated rings. The minimum absolute atomic E-state index is 0.0692. The molecule has 0 bridgehead atoms.